The molecule has 1 atom stereocenters. The maximum atomic E-state index is 12.5. The molecule has 1 aliphatic rings. The zero-order chi connectivity index (χ0) is 14.5. The number of carbonyl (C=O) groups excluding carboxylic acids is 2. The van der Waals surface area contributed by atoms with E-state index in [1.807, 2.05) is 6.92 Å². The van der Waals surface area contributed by atoms with Gasteiger partial charge in [0.05, 0.1) is 25.3 Å². The first-order valence-electron chi connectivity index (χ1n) is 6.80. The molecule has 0 saturated carbocycles. The van der Waals surface area contributed by atoms with E-state index < -0.39 is 6.04 Å². The third kappa shape index (κ3) is 3.10. The number of Topliss-reactive ketones (excluding diaryl/α,β-unsaturated/α-hetero) is 1. The van der Waals surface area contributed by atoms with Crippen LogP contribution in [0.1, 0.15) is 36.5 Å². The van der Waals surface area contributed by atoms with E-state index in [1.54, 1.807) is 25.3 Å². The summed E-state index contributed by atoms with van der Waals surface area (Å²) in [5, 5.41) is 2.78. The van der Waals surface area contributed by atoms with E-state index in [9.17, 15) is 9.59 Å². The van der Waals surface area contributed by atoms with Crippen LogP contribution in [0.4, 0.5) is 0 Å². The number of benzene rings is 1. The fraction of sp³-hybridized carbons (Fsp3) is 0.467. The van der Waals surface area contributed by atoms with Gasteiger partial charge in [0.2, 0.25) is 5.91 Å². The highest BCUT2D eigenvalue weighted by atomic mass is 16.5. The molecule has 1 aliphatic heterocycles. The second-order valence-corrected chi connectivity index (χ2v) is 4.73. The van der Waals surface area contributed by atoms with E-state index in [0.717, 1.165) is 6.42 Å². The Hall–Kier alpha value is -2.04. The van der Waals surface area contributed by atoms with Gasteiger partial charge in [-0.05, 0) is 24.6 Å². The monoisotopic (exact) mass is 277 g/mol. The van der Waals surface area contributed by atoms with Gasteiger partial charge >= 0.3 is 0 Å². The SMILES string of the molecule is CCCC(=O)NC1CCOc2ccc(OC)cc2C1=O. The average Bonchev–Trinajstić information content (AvgIpc) is 2.59. The number of hydrogen-bond acceptors (Lipinski definition) is 4. The van der Waals surface area contributed by atoms with Gasteiger partial charge in [-0.3, -0.25) is 9.59 Å². The van der Waals surface area contributed by atoms with Crippen molar-refractivity contribution < 1.29 is 19.1 Å². The molecule has 0 bridgehead atoms. The molecule has 5 heteroatoms. The van der Waals surface area contributed by atoms with E-state index >= 15 is 0 Å². The fourth-order valence-electron chi connectivity index (χ4n) is 2.19. The van der Waals surface area contributed by atoms with Crippen molar-refractivity contribution in [3.05, 3.63) is 23.8 Å². The van der Waals surface area contributed by atoms with Gasteiger partial charge in [0.15, 0.2) is 5.78 Å². The van der Waals surface area contributed by atoms with E-state index in [2.05, 4.69) is 5.32 Å². The fourth-order valence-corrected chi connectivity index (χ4v) is 2.19. The van der Waals surface area contributed by atoms with E-state index in [1.165, 1.54) is 0 Å². The predicted octanol–water partition coefficient (Wildman–Crippen LogP) is 1.95. The summed E-state index contributed by atoms with van der Waals surface area (Å²) in [6.07, 6.45) is 1.66. The number of rotatable bonds is 4. The molecule has 1 heterocycles. The molecule has 108 valence electrons. The van der Waals surface area contributed by atoms with Crippen molar-refractivity contribution in [1.29, 1.82) is 0 Å². The van der Waals surface area contributed by atoms with Gasteiger partial charge in [0.25, 0.3) is 0 Å². The molecule has 5 nitrogen and oxygen atoms in total. The molecular weight excluding hydrogens is 258 g/mol. The molecule has 1 aromatic rings. The number of hydrogen-bond donors (Lipinski definition) is 1. The Morgan fingerprint density at radius 1 is 1.50 bits per heavy atom. The normalized spacial score (nSPS) is 17.7. The summed E-state index contributed by atoms with van der Waals surface area (Å²) in [6, 6.07) is 4.61. The first-order chi connectivity index (χ1) is 9.65. The van der Waals surface area contributed by atoms with Crippen LogP contribution in [0.25, 0.3) is 0 Å². The third-order valence-electron chi connectivity index (χ3n) is 3.25. The molecule has 20 heavy (non-hydrogen) atoms. The van der Waals surface area contributed by atoms with Crippen LogP contribution >= 0.6 is 0 Å². The highest BCUT2D eigenvalue weighted by molar-refractivity contribution is 6.04. The Morgan fingerprint density at radius 3 is 3.00 bits per heavy atom. The van der Waals surface area contributed by atoms with Gasteiger partial charge in [-0.25, -0.2) is 0 Å². The quantitative estimate of drug-likeness (QED) is 0.913. The maximum Gasteiger partial charge on any atom is 0.220 e. The second kappa shape index (κ2) is 6.41. The van der Waals surface area contributed by atoms with Crippen LogP contribution in [-0.4, -0.2) is 31.4 Å². The smallest absolute Gasteiger partial charge is 0.220 e. The topological polar surface area (TPSA) is 64.6 Å². The number of nitrogens with one attached hydrogen (secondary N) is 1. The Kier molecular flexibility index (Phi) is 4.61. The molecule has 0 aliphatic carbocycles. The molecule has 0 aromatic heterocycles. The van der Waals surface area contributed by atoms with Crippen LogP contribution in [0, 0.1) is 0 Å². The van der Waals surface area contributed by atoms with Crippen LogP contribution in [0.3, 0.4) is 0 Å². The van der Waals surface area contributed by atoms with Gasteiger partial charge < -0.3 is 14.8 Å². The van der Waals surface area contributed by atoms with Crippen molar-refractivity contribution in [3.8, 4) is 11.5 Å². The number of methoxy groups -OCH3 is 1. The van der Waals surface area contributed by atoms with Crippen molar-refractivity contribution in [2.45, 2.75) is 32.2 Å². The minimum atomic E-state index is -0.526. The van der Waals surface area contributed by atoms with Crippen molar-refractivity contribution >= 4 is 11.7 Å². The van der Waals surface area contributed by atoms with Gasteiger partial charge in [-0.15, -0.1) is 0 Å². The molecule has 2 rings (SSSR count). The Labute approximate surface area is 118 Å². The lowest BCUT2D eigenvalue weighted by atomic mass is 10.0. The largest absolute Gasteiger partial charge is 0.497 e. The van der Waals surface area contributed by atoms with E-state index in [4.69, 9.17) is 9.47 Å². The standard InChI is InChI=1S/C15H19NO4/c1-3-4-14(17)16-12-7-8-20-13-6-5-10(19-2)9-11(13)15(12)18/h5-6,9,12H,3-4,7-8H2,1-2H3,(H,16,17). The summed E-state index contributed by atoms with van der Waals surface area (Å²) < 4.78 is 10.7. The van der Waals surface area contributed by atoms with Crippen molar-refractivity contribution in [2.24, 2.45) is 0 Å². The molecule has 1 N–H and O–H groups in total. The average molecular weight is 277 g/mol. The van der Waals surface area contributed by atoms with Gasteiger partial charge in [0.1, 0.15) is 11.5 Å². The minimum absolute atomic E-state index is 0.0998. The lowest BCUT2D eigenvalue weighted by Gasteiger charge is -2.14. The molecule has 0 radical (unpaired) electrons. The summed E-state index contributed by atoms with van der Waals surface area (Å²) >= 11 is 0. The number of amides is 1. The maximum absolute atomic E-state index is 12.5. The Balaban J connectivity index is 2.22. The number of fused-ring (bicyclic) bond motifs is 1. The third-order valence-corrected chi connectivity index (χ3v) is 3.25. The molecule has 0 spiro atoms. The summed E-state index contributed by atoms with van der Waals surface area (Å²) in [5.74, 6) is 0.919. The molecule has 1 aromatic carbocycles. The minimum Gasteiger partial charge on any atom is -0.497 e. The molecule has 0 saturated heterocycles. The van der Waals surface area contributed by atoms with Crippen molar-refractivity contribution in [3.63, 3.8) is 0 Å². The summed E-state index contributed by atoms with van der Waals surface area (Å²) in [4.78, 5) is 24.2. The number of ketones is 1. The van der Waals surface area contributed by atoms with Crippen LogP contribution in [0.5, 0.6) is 11.5 Å². The van der Waals surface area contributed by atoms with Gasteiger partial charge in [-0.1, -0.05) is 6.92 Å². The van der Waals surface area contributed by atoms with Crippen molar-refractivity contribution in [2.75, 3.05) is 13.7 Å². The molecule has 1 amide bonds. The van der Waals surface area contributed by atoms with Crippen LogP contribution < -0.4 is 14.8 Å². The highest BCUT2D eigenvalue weighted by Crippen LogP contribution is 2.28. The number of ether oxygens (including phenoxy) is 2. The first-order valence-corrected chi connectivity index (χ1v) is 6.80. The summed E-state index contributed by atoms with van der Waals surface area (Å²) in [6.45, 7) is 2.33. The summed E-state index contributed by atoms with van der Waals surface area (Å²) in [7, 11) is 1.55. The zero-order valence-electron chi connectivity index (χ0n) is 11.8. The lowest BCUT2D eigenvalue weighted by molar-refractivity contribution is -0.121. The Bertz CT molecular complexity index is 513. The van der Waals surface area contributed by atoms with Crippen LogP contribution in [0.15, 0.2) is 18.2 Å². The van der Waals surface area contributed by atoms with Gasteiger partial charge in [-0.2, -0.15) is 0 Å². The van der Waals surface area contributed by atoms with Crippen LogP contribution in [-0.2, 0) is 4.79 Å². The predicted molar refractivity (Wildman–Crippen MR) is 74.3 cm³/mol. The number of carbonyl (C=O) groups is 2. The first kappa shape index (κ1) is 14.4. The lowest BCUT2D eigenvalue weighted by Crippen LogP contribution is -2.40. The second-order valence-electron chi connectivity index (χ2n) is 4.73. The highest BCUT2D eigenvalue weighted by Gasteiger charge is 2.28. The zero-order valence-corrected chi connectivity index (χ0v) is 11.8. The van der Waals surface area contributed by atoms with E-state index in [0.29, 0.717) is 36.5 Å². The summed E-state index contributed by atoms with van der Waals surface area (Å²) in [5.41, 5.74) is 0.462. The van der Waals surface area contributed by atoms with E-state index in [-0.39, 0.29) is 11.7 Å². The van der Waals surface area contributed by atoms with Crippen molar-refractivity contribution in [1.82, 2.24) is 5.32 Å². The molecule has 1 unspecified atom stereocenters. The van der Waals surface area contributed by atoms with Crippen LogP contribution in [0.2, 0.25) is 0 Å². The van der Waals surface area contributed by atoms with Gasteiger partial charge in [0, 0.05) is 12.8 Å². The molecule has 0 fully saturated rings. The molecular formula is C15H19NO4. The Morgan fingerprint density at radius 2 is 2.30 bits per heavy atom.